The van der Waals surface area contributed by atoms with Gasteiger partial charge in [0, 0.05) is 37.1 Å². The number of phenolic OH excluding ortho intramolecular Hbond substituents is 1. The first-order valence-corrected chi connectivity index (χ1v) is 14.0. The van der Waals surface area contributed by atoms with Crippen molar-refractivity contribution in [1.29, 1.82) is 0 Å². The van der Waals surface area contributed by atoms with Crippen LogP contribution in [-0.4, -0.2) is 50.8 Å². The lowest BCUT2D eigenvalue weighted by molar-refractivity contribution is 0.176. The van der Waals surface area contributed by atoms with Crippen LogP contribution in [0.15, 0.2) is 56.5 Å². The highest BCUT2D eigenvalue weighted by Gasteiger charge is 2.18. The number of benzene rings is 2. The lowest BCUT2D eigenvalue weighted by atomic mass is 9.94. The molecule has 1 fully saturated rings. The molecule has 0 saturated heterocycles. The molecule has 5 rings (SSSR count). The highest BCUT2D eigenvalue weighted by molar-refractivity contribution is 5.87. The highest BCUT2D eigenvalue weighted by atomic mass is 16.4. The van der Waals surface area contributed by atoms with Gasteiger partial charge in [-0.25, -0.2) is 4.79 Å². The van der Waals surface area contributed by atoms with Crippen molar-refractivity contribution in [2.45, 2.75) is 70.2 Å². The third-order valence-electron chi connectivity index (χ3n) is 8.01. The van der Waals surface area contributed by atoms with E-state index in [9.17, 15) is 19.8 Å². The summed E-state index contributed by atoms with van der Waals surface area (Å²) in [6.07, 6.45) is 7.75. The van der Waals surface area contributed by atoms with Crippen LogP contribution in [0.4, 0.5) is 0 Å². The number of aryl methyl sites for hydroxylation is 1. The summed E-state index contributed by atoms with van der Waals surface area (Å²) < 4.78 is 7.27. The van der Waals surface area contributed by atoms with Crippen molar-refractivity contribution in [1.82, 2.24) is 19.8 Å². The van der Waals surface area contributed by atoms with Crippen molar-refractivity contribution in [3.8, 4) is 5.75 Å². The van der Waals surface area contributed by atoms with Gasteiger partial charge in [-0.05, 0) is 74.7 Å². The molecular weight excluding hydrogens is 496 g/mol. The number of oxazole rings is 1. The first-order chi connectivity index (χ1) is 18.9. The Hall–Kier alpha value is -3.40. The number of nitrogens with one attached hydrogen (secondary N) is 2. The number of aromatic nitrogens is 2. The van der Waals surface area contributed by atoms with Gasteiger partial charge in [-0.3, -0.25) is 9.36 Å². The van der Waals surface area contributed by atoms with Gasteiger partial charge in [0.1, 0.15) is 5.75 Å². The van der Waals surface area contributed by atoms with Crippen LogP contribution in [-0.2, 0) is 13.1 Å². The first-order valence-electron chi connectivity index (χ1n) is 14.0. The van der Waals surface area contributed by atoms with Gasteiger partial charge in [-0.2, -0.15) is 0 Å². The summed E-state index contributed by atoms with van der Waals surface area (Å²) in [5.74, 6) is -0.372. The third-order valence-corrected chi connectivity index (χ3v) is 8.01. The Balaban J connectivity index is 1.15. The fraction of sp³-hybridized carbons (Fsp3) is 0.467. The molecule has 4 aromatic rings. The van der Waals surface area contributed by atoms with Crippen molar-refractivity contribution < 1.29 is 14.6 Å². The SMILES string of the molecule is CN(CCCCn1c(=O)oc2cc(CNC[C@H](O)c3ccc(O)c4[nH]c(=O)ccc34)ccc21)C1CCCCC1. The number of unbranched alkanes of at least 4 members (excludes halogenated alkanes) is 1. The summed E-state index contributed by atoms with van der Waals surface area (Å²) in [5, 5.41) is 24.7. The normalized spacial score (nSPS) is 15.5. The van der Waals surface area contributed by atoms with Crippen molar-refractivity contribution in [2.75, 3.05) is 20.1 Å². The molecule has 2 aromatic heterocycles. The van der Waals surface area contributed by atoms with Crippen molar-refractivity contribution in [3.05, 3.63) is 74.5 Å². The van der Waals surface area contributed by atoms with Gasteiger partial charge in [-0.1, -0.05) is 31.4 Å². The zero-order chi connectivity index (χ0) is 27.4. The van der Waals surface area contributed by atoms with E-state index in [-0.39, 0.29) is 23.6 Å². The number of aromatic amines is 1. The van der Waals surface area contributed by atoms with Gasteiger partial charge >= 0.3 is 5.76 Å². The molecule has 2 aromatic carbocycles. The molecule has 9 nitrogen and oxygen atoms in total. The second-order valence-corrected chi connectivity index (χ2v) is 10.7. The number of hydrogen-bond acceptors (Lipinski definition) is 7. The van der Waals surface area contributed by atoms with Gasteiger partial charge in [-0.15, -0.1) is 0 Å². The summed E-state index contributed by atoms with van der Waals surface area (Å²) in [7, 11) is 2.22. The number of aliphatic hydroxyl groups is 1. The van der Waals surface area contributed by atoms with E-state index in [1.54, 1.807) is 16.7 Å². The summed E-state index contributed by atoms with van der Waals surface area (Å²) in [5.41, 5.74) is 2.89. The van der Waals surface area contributed by atoms with E-state index in [1.165, 1.54) is 44.2 Å². The summed E-state index contributed by atoms with van der Waals surface area (Å²) in [6.45, 7) is 2.42. The van der Waals surface area contributed by atoms with Gasteiger partial charge in [0.15, 0.2) is 5.58 Å². The topological polar surface area (TPSA) is 124 Å². The Morgan fingerprint density at radius 3 is 2.74 bits per heavy atom. The number of aliphatic hydroxyl groups excluding tert-OH is 1. The lowest BCUT2D eigenvalue weighted by Gasteiger charge is -2.31. The maximum atomic E-state index is 12.5. The fourth-order valence-electron chi connectivity index (χ4n) is 5.78. The number of H-pyrrole nitrogens is 1. The molecule has 0 bridgehead atoms. The summed E-state index contributed by atoms with van der Waals surface area (Å²) >= 11 is 0. The van der Waals surface area contributed by atoms with Gasteiger partial charge in [0.05, 0.1) is 17.1 Å². The minimum atomic E-state index is -0.848. The van der Waals surface area contributed by atoms with E-state index in [0.717, 1.165) is 30.5 Å². The number of nitrogens with zero attached hydrogens (tertiary/aromatic N) is 2. The smallest absolute Gasteiger partial charge is 0.419 e. The quantitative estimate of drug-likeness (QED) is 0.214. The molecule has 9 heteroatoms. The Morgan fingerprint density at radius 2 is 1.92 bits per heavy atom. The van der Waals surface area contributed by atoms with E-state index < -0.39 is 6.10 Å². The molecule has 0 spiro atoms. The first kappa shape index (κ1) is 27.2. The Kier molecular flexibility index (Phi) is 8.50. The zero-order valence-corrected chi connectivity index (χ0v) is 22.5. The van der Waals surface area contributed by atoms with Crippen LogP contribution in [0.3, 0.4) is 0 Å². The second kappa shape index (κ2) is 12.2. The largest absolute Gasteiger partial charge is 0.506 e. The van der Waals surface area contributed by atoms with Gasteiger partial charge < -0.3 is 29.8 Å². The van der Waals surface area contributed by atoms with E-state index in [4.69, 9.17) is 4.42 Å². The average Bonchev–Trinajstić information content (AvgIpc) is 3.25. The van der Waals surface area contributed by atoms with Crippen LogP contribution in [0.2, 0.25) is 0 Å². The Morgan fingerprint density at radius 1 is 1.10 bits per heavy atom. The molecule has 1 aliphatic rings. The molecule has 4 N–H and O–H groups in total. The molecule has 208 valence electrons. The van der Waals surface area contributed by atoms with E-state index >= 15 is 0 Å². The molecule has 1 aliphatic carbocycles. The van der Waals surface area contributed by atoms with E-state index in [0.29, 0.717) is 41.2 Å². The third kappa shape index (κ3) is 6.27. The van der Waals surface area contributed by atoms with Crippen LogP contribution in [0.1, 0.15) is 62.2 Å². The number of rotatable bonds is 11. The molecule has 39 heavy (non-hydrogen) atoms. The number of aromatic hydroxyl groups is 1. The Labute approximate surface area is 227 Å². The number of pyridine rings is 1. The maximum Gasteiger partial charge on any atom is 0.419 e. The zero-order valence-electron chi connectivity index (χ0n) is 22.5. The molecule has 1 saturated carbocycles. The Bertz CT molecular complexity index is 1530. The predicted molar refractivity (Wildman–Crippen MR) is 152 cm³/mol. The standard InChI is InChI=1S/C30H38N4O5/c1-33(21-7-3-2-4-8-21)15-5-6-16-34-24-12-9-20(17-27(24)39-30(34)38)18-31-19-26(36)22-10-13-25(35)29-23(22)11-14-28(37)32-29/h9-14,17,21,26,31,35-36H,2-8,15-16,18-19H2,1H3,(H,32,37)/t26-/m0/s1. The maximum absolute atomic E-state index is 12.5. The number of hydrogen-bond donors (Lipinski definition) is 4. The van der Waals surface area contributed by atoms with Crippen LogP contribution in [0.25, 0.3) is 22.0 Å². The molecule has 1 atom stereocenters. The molecule has 0 radical (unpaired) electrons. The minimum absolute atomic E-state index is 0.0416. The van der Waals surface area contributed by atoms with Gasteiger partial charge in [0.25, 0.3) is 0 Å². The number of phenols is 1. The van der Waals surface area contributed by atoms with Crippen LogP contribution >= 0.6 is 0 Å². The predicted octanol–water partition coefficient (Wildman–Crippen LogP) is 4.01. The molecule has 0 amide bonds. The van der Waals surface area contributed by atoms with Crippen molar-refractivity contribution in [3.63, 3.8) is 0 Å². The molecule has 0 aliphatic heterocycles. The van der Waals surface area contributed by atoms with Crippen LogP contribution < -0.4 is 16.6 Å². The average molecular weight is 535 g/mol. The molecule has 0 unspecified atom stereocenters. The van der Waals surface area contributed by atoms with Crippen LogP contribution in [0, 0.1) is 0 Å². The van der Waals surface area contributed by atoms with Crippen LogP contribution in [0.5, 0.6) is 5.75 Å². The molecular formula is C30H38N4O5. The van der Waals surface area contributed by atoms with Crippen molar-refractivity contribution in [2.24, 2.45) is 0 Å². The van der Waals surface area contributed by atoms with Crippen molar-refractivity contribution >= 4 is 22.0 Å². The van der Waals surface area contributed by atoms with E-state index in [2.05, 4.69) is 22.2 Å². The van der Waals surface area contributed by atoms with E-state index in [1.807, 2.05) is 18.2 Å². The highest BCUT2D eigenvalue weighted by Crippen LogP contribution is 2.28. The lowest BCUT2D eigenvalue weighted by Crippen LogP contribution is -2.34. The minimum Gasteiger partial charge on any atom is -0.506 e. The fourth-order valence-corrected chi connectivity index (χ4v) is 5.78. The molecule has 2 heterocycles. The summed E-state index contributed by atoms with van der Waals surface area (Å²) in [4.78, 5) is 29.3. The second-order valence-electron chi connectivity index (χ2n) is 10.7. The summed E-state index contributed by atoms with van der Waals surface area (Å²) in [6, 6.07) is 12.5. The monoisotopic (exact) mass is 534 g/mol. The number of fused-ring (bicyclic) bond motifs is 2. The van der Waals surface area contributed by atoms with Gasteiger partial charge in [0.2, 0.25) is 5.56 Å².